The fourth-order valence-corrected chi connectivity index (χ4v) is 3.93. The summed E-state index contributed by atoms with van der Waals surface area (Å²) in [5.74, 6) is 1.29. The number of benzene rings is 1. The molecular weight excluding hydrogens is 274 g/mol. The molecule has 0 spiro atoms. The van der Waals surface area contributed by atoms with Gasteiger partial charge in [0.05, 0.1) is 10.7 Å². The van der Waals surface area contributed by atoms with Crippen LogP contribution in [0, 0.1) is 16.0 Å². The van der Waals surface area contributed by atoms with Gasteiger partial charge < -0.3 is 0 Å². The van der Waals surface area contributed by atoms with E-state index in [-0.39, 0.29) is 11.5 Å². The van der Waals surface area contributed by atoms with Crippen LogP contribution in [0.4, 0.5) is 5.69 Å². The average molecular weight is 293 g/mol. The van der Waals surface area contributed by atoms with E-state index in [9.17, 15) is 14.9 Å². The van der Waals surface area contributed by atoms with Crippen molar-refractivity contribution in [1.29, 1.82) is 0 Å². The summed E-state index contributed by atoms with van der Waals surface area (Å²) in [6, 6.07) is 5.87. The van der Waals surface area contributed by atoms with E-state index in [0.717, 1.165) is 5.92 Å². The van der Waals surface area contributed by atoms with Crippen LogP contribution in [0.25, 0.3) is 0 Å². The third-order valence-corrected chi connectivity index (χ3v) is 5.07. The molecule has 2 unspecified atom stereocenters. The van der Waals surface area contributed by atoms with Gasteiger partial charge in [-0.25, -0.2) is 0 Å². The Balaban J connectivity index is 1.86. The Morgan fingerprint density at radius 1 is 1.35 bits per heavy atom. The standard InChI is InChI=1S/C15H19NO3S/c1-11-3-2-4-14(9-11)20-10-15(17)12-5-7-13(8-6-12)16(18)19/h5-8,11,14H,2-4,9-10H2,1H3. The minimum absolute atomic E-state index is 0.0234. The first-order chi connectivity index (χ1) is 9.56. The highest BCUT2D eigenvalue weighted by molar-refractivity contribution is 8.00. The highest BCUT2D eigenvalue weighted by Crippen LogP contribution is 2.32. The van der Waals surface area contributed by atoms with Gasteiger partial charge in [-0.05, 0) is 30.9 Å². The van der Waals surface area contributed by atoms with Crippen LogP contribution >= 0.6 is 11.8 Å². The minimum atomic E-state index is -0.452. The van der Waals surface area contributed by atoms with Gasteiger partial charge >= 0.3 is 0 Å². The van der Waals surface area contributed by atoms with Crippen molar-refractivity contribution in [1.82, 2.24) is 0 Å². The van der Waals surface area contributed by atoms with Gasteiger partial charge in [0.25, 0.3) is 5.69 Å². The number of hydrogen-bond donors (Lipinski definition) is 0. The topological polar surface area (TPSA) is 60.2 Å². The van der Waals surface area contributed by atoms with Crippen molar-refractivity contribution in [3.05, 3.63) is 39.9 Å². The molecule has 20 heavy (non-hydrogen) atoms. The first-order valence-corrected chi connectivity index (χ1v) is 8.00. The van der Waals surface area contributed by atoms with Crippen molar-refractivity contribution in [3.8, 4) is 0 Å². The van der Waals surface area contributed by atoms with Crippen molar-refractivity contribution >= 4 is 23.2 Å². The molecule has 1 aromatic rings. The molecule has 1 aliphatic carbocycles. The Morgan fingerprint density at radius 3 is 2.65 bits per heavy atom. The maximum Gasteiger partial charge on any atom is 0.269 e. The summed E-state index contributed by atoms with van der Waals surface area (Å²) in [4.78, 5) is 22.2. The molecule has 0 saturated heterocycles. The number of carbonyl (C=O) groups excluding carboxylic acids is 1. The molecule has 0 aromatic heterocycles. The maximum absolute atomic E-state index is 12.1. The molecular formula is C15H19NO3S. The van der Waals surface area contributed by atoms with Crippen LogP contribution in [0.3, 0.4) is 0 Å². The van der Waals surface area contributed by atoms with Crippen LogP contribution in [0.2, 0.25) is 0 Å². The van der Waals surface area contributed by atoms with Crippen LogP contribution < -0.4 is 0 Å². The summed E-state index contributed by atoms with van der Waals surface area (Å²) in [5.41, 5.74) is 0.585. The van der Waals surface area contributed by atoms with Crippen molar-refractivity contribution in [2.75, 3.05) is 5.75 Å². The van der Waals surface area contributed by atoms with E-state index in [1.807, 2.05) is 0 Å². The van der Waals surface area contributed by atoms with Gasteiger partial charge in [0.2, 0.25) is 0 Å². The molecule has 1 aliphatic rings. The molecule has 0 radical (unpaired) electrons. The summed E-state index contributed by atoms with van der Waals surface area (Å²) >= 11 is 1.73. The second-order valence-corrected chi connectivity index (χ2v) is 6.72. The van der Waals surface area contributed by atoms with E-state index in [0.29, 0.717) is 16.6 Å². The third-order valence-electron chi connectivity index (χ3n) is 3.74. The Labute approximate surface area is 123 Å². The first kappa shape index (κ1) is 15.0. The summed E-state index contributed by atoms with van der Waals surface area (Å²) in [7, 11) is 0. The van der Waals surface area contributed by atoms with Crippen molar-refractivity contribution in [2.24, 2.45) is 5.92 Å². The number of thioether (sulfide) groups is 1. The maximum atomic E-state index is 12.1. The quantitative estimate of drug-likeness (QED) is 0.466. The largest absolute Gasteiger partial charge is 0.293 e. The number of hydrogen-bond acceptors (Lipinski definition) is 4. The average Bonchev–Trinajstić information content (AvgIpc) is 2.45. The van der Waals surface area contributed by atoms with E-state index >= 15 is 0 Å². The number of carbonyl (C=O) groups is 1. The number of nitro benzene ring substituents is 1. The van der Waals surface area contributed by atoms with Crippen LogP contribution in [0.5, 0.6) is 0 Å². The molecule has 2 atom stereocenters. The molecule has 1 fully saturated rings. The number of nitro groups is 1. The fraction of sp³-hybridized carbons (Fsp3) is 0.533. The Morgan fingerprint density at radius 2 is 2.05 bits per heavy atom. The van der Waals surface area contributed by atoms with Crippen LogP contribution in [-0.4, -0.2) is 21.7 Å². The van der Waals surface area contributed by atoms with Crippen LogP contribution in [-0.2, 0) is 0 Å². The molecule has 4 nitrogen and oxygen atoms in total. The zero-order chi connectivity index (χ0) is 14.5. The molecule has 0 amide bonds. The zero-order valence-corrected chi connectivity index (χ0v) is 12.4. The lowest BCUT2D eigenvalue weighted by molar-refractivity contribution is -0.384. The lowest BCUT2D eigenvalue weighted by Gasteiger charge is -2.25. The van der Waals surface area contributed by atoms with Crippen LogP contribution in [0.15, 0.2) is 24.3 Å². The van der Waals surface area contributed by atoms with Crippen molar-refractivity contribution < 1.29 is 9.72 Å². The molecule has 0 aliphatic heterocycles. The van der Waals surface area contributed by atoms with E-state index in [1.165, 1.54) is 37.8 Å². The van der Waals surface area contributed by atoms with E-state index < -0.39 is 4.92 Å². The smallest absolute Gasteiger partial charge is 0.269 e. The summed E-state index contributed by atoms with van der Waals surface area (Å²) in [6.45, 7) is 2.27. The SMILES string of the molecule is CC1CCCC(SCC(=O)c2ccc([N+](=O)[O-])cc2)C1. The van der Waals surface area contributed by atoms with E-state index in [1.54, 1.807) is 23.9 Å². The second-order valence-electron chi connectivity index (χ2n) is 5.43. The van der Waals surface area contributed by atoms with Gasteiger partial charge in [-0.3, -0.25) is 14.9 Å². The van der Waals surface area contributed by atoms with Gasteiger partial charge in [-0.15, -0.1) is 0 Å². The lowest BCUT2D eigenvalue weighted by Crippen LogP contribution is -2.17. The third kappa shape index (κ3) is 4.07. The first-order valence-electron chi connectivity index (χ1n) is 6.95. The summed E-state index contributed by atoms with van der Waals surface area (Å²) in [5, 5.41) is 11.1. The second kappa shape index (κ2) is 6.88. The van der Waals surface area contributed by atoms with Gasteiger partial charge in [-0.1, -0.05) is 19.8 Å². The monoisotopic (exact) mass is 293 g/mol. The summed E-state index contributed by atoms with van der Waals surface area (Å²) < 4.78 is 0. The van der Waals surface area contributed by atoms with E-state index in [2.05, 4.69) is 6.92 Å². The molecule has 0 heterocycles. The van der Waals surface area contributed by atoms with Gasteiger partial charge in [-0.2, -0.15) is 11.8 Å². The van der Waals surface area contributed by atoms with E-state index in [4.69, 9.17) is 0 Å². The van der Waals surface area contributed by atoms with Crippen molar-refractivity contribution in [3.63, 3.8) is 0 Å². The number of ketones is 1. The fourth-order valence-electron chi connectivity index (χ4n) is 2.58. The number of Topliss-reactive ketones (excluding diaryl/α,β-unsaturated/α-hetero) is 1. The highest BCUT2D eigenvalue weighted by atomic mass is 32.2. The van der Waals surface area contributed by atoms with Crippen molar-refractivity contribution in [2.45, 2.75) is 37.9 Å². The van der Waals surface area contributed by atoms with Gasteiger partial charge in [0.15, 0.2) is 5.78 Å². The lowest BCUT2D eigenvalue weighted by atomic mass is 9.91. The molecule has 5 heteroatoms. The molecule has 1 saturated carbocycles. The predicted molar refractivity (Wildman–Crippen MR) is 81.3 cm³/mol. The highest BCUT2D eigenvalue weighted by Gasteiger charge is 2.20. The zero-order valence-electron chi connectivity index (χ0n) is 11.6. The number of nitrogens with zero attached hydrogens (tertiary/aromatic N) is 1. The Hall–Kier alpha value is -1.36. The minimum Gasteiger partial charge on any atom is -0.293 e. The molecule has 1 aromatic carbocycles. The Kier molecular flexibility index (Phi) is 5.17. The molecule has 2 rings (SSSR count). The number of rotatable bonds is 5. The molecule has 0 bridgehead atoms. The summed E-state index contributed by atoms with van der Waals surface area (Å²) in [6.07, 6.45) is 4.94. The Bertz CT molecular complexity index is 486. The molecule has 108 valence electrons. The normalized spacial score (nSPS) is 22.4. The predicted octanol–water partition coefficient (Wildman–Crippen LogP) is 4.09. The molecule has 0 N–H and O–H groups in total. The van der Waals surface area contributed by atoms with Gasteiger partial charge in [0, 0.05) is 22.9 Å². The number of non-ortho nitro benzene ring substituents is 1. The van der Waals surface area contributed by atoms with Crippen LogP contribution in [0.1, 0.15) is 43.0 Å². The van der Waals surface area contributed by atoms with Gasteiger partial charge in [0.1, 0.15) is 0 Å².